The largest absolute Gasteiger partial charge is 0.456 e. The van der Waals surface area contributed by atoms with Gasteiger partial charge in [0.2, 0.25) is 0 Å². The van der Waals surface area contributed by atoms with Gasteiger partial charge in [-0.3, -0.25) is 4.79 Å². The topological polar surface area (TPSA) is 33.5 Å². The number of furan rings is 1. The maximum atomic E-state index is 13.1. The van der Waals surface area contributed by atoms with Crippen molar-refractivity contribution >= 4 is 5.91 Å². The molecule has 2 aromatic rings. The number of nitrogens with zero attached hydrogens (tertiary/aromatic N) is 1. The van der Waals surface area contributed by atoms with Gasteiger partial charge in [0.05, 0.1) is 0 Å². The fourth-order valence-corrected chi connectivity index (χ4v) is 5.57. The molecular formula is C28H39NO2. The Labute approximate surface area is 188 Å². The number of hydrogen-bond acceptors (Lipinski definition) is 2. The lowest BCUT2D eigenvalue weighted by Gasteiger charge is -2.42. The second kappa shape index (κ2) is 8.15. The average molecular weight is 422 g/mol. The molecule has 1 aliphatic carbocycles. The molecule has 0 saturated carbocycles. The van der Waals surface area contributed by atoms with Crippen LogP contribution in [-0.2, 0) is 17.3 Å². The number of likely N-dealkylation sites (tertiary alicyclic amines) is 1. The highest BCUT2D eigenvalue weighted by Gasteiger charge is 2.37. The van der Waals surface area contributed by atoms with Crippen LogP contribution in [0.25, 0.3) is 0 Å². The summed E-state index contributed by atoms with van der Waals surface area (Å²) in [6.07, 6.45) is 7.61. The highest BCUT2D eigenvalue weighted by molar-refractivity contribution is 5.91. The Hall–Kier alpha value is -2.03. The molecule has 1 aromatic heterocycles. The number of rotatable bonds is 4. The van der Waals surface area contributed by atoms with E-state index in [4.69, 9.17) is 4.42 Å². The Balaban J connectivity index is 1.58. The van der Waals surface area contributed by atoms with Crippen molar-refractivity contribution in [2.45, 2.75) is 103 Å². The maximum Gasteiger partial charge on any atom is 0.289 e. The normalized spacial score (nSPS) is 22.3. The van der Waals surface area contributed by atoms with Crippen LogP contribution in [0.4, 0.5) is 0 Å². The van der Waals surface area contributed by atoms with Crippen molar-refractivity contribution in [1.82, 2.24) is 4.90 Å². The van der Waals surface area contributed by atoms with E-state index in [1.54, 1.807) is 0 Å². The van der Waals surface area contributed by atoms with Gasteiger partial charge in [0.25, 0.3) is 5.91 Å². The Bertz CT molecular complexity index is 965. The number of fused-ring (bicyclic) bond motifs is 1. The van der Waals surface area contributed by atoms with Gasteiger partial charge in [-0.1, -0.05) is 46.8 Å². The third-order valence-corrected chi connectivity index (χ3v) is 7.91. The van der Waals surface area contributed by atoms with Crippen LogP contribution in [0.3, 0.4) is 0 Å². The van der Waals surface area contributed by atoms with Gasteiger partial charge >= 0.3 is 0 Å². The van der Waals surface area contributed by atoms with Gasteiger partial charge in [-0.2, -0.15) is 0 Å². The molecule has 1 amide bonds. The summed E-state index contributed by atoms with van der Waals surface area (Å²) in [7, 11) is 0. The molecule has 3 nitrogen and oxygen atoms in total. The number of piperidine rings is 1. The second-order valence-corrected chi connectivity index (χ2v) is 11.1. The van der Waals surface area contributed by atoms with E-state index in [2.05, 4.69) is 53.7 Å². The predicted octanol–water partition coefficient (Wildman–Crippen LogP) is 6.93. The monoisotopic (exact) mass is 421 g/mol. The van der Waals surface area contributed by atoms with Crippen LogP contribution in [0.1, 0.15) is 112 Å². The maximum absolute atomic E-state index is 13.1. The number of benzene rings is 1. The van der Waals surface area contributed by atoms with E-state index in [1.165, 1.54) is 41.5 Å². The first-order chi connectivity index (χ1) is 14.6. The van der Waals surface area contributed by atoms with Crippen LogP contribution < -0.4 is 0 Å². The zero-order valence-corrected chi connectivity index (χ0v) is 20.3. The molecule has 31 heavy (non-hydrogen) atoms. The van der Waals surface area contributed by atoms with Gasteiger partial charge in [0.15, 0.2) is 5.76 Å². The number of carbonyl (C=O) groups excluding carboxylic acids is 1. The summed E-state index contributed by atoms with van der Waals surface area (Å²) < 4.78 is 6.10. The second-order valence-electron chi connectivity index (χ2n) is 11.1. The van der Waals surface area contributed by atoms with E-state index in [-0.39, 0.29) is 16.7 Å². The van der Waals surface area contributed by atoms with Crippen molar-refractivity contribution in [3.63, 3.8) is 0 Å². The fourth-order valence-electron chi connectivity index (χ4n) is 5.57. The van der Waals surface area contributed by atoms with E-state index in [0.29, 0.717) is 11.8 Å². The lowest BCUT2D eigenvalue weighted by atomic mass is 9.62. The van der Waals surface area contributed by atoms with Gasteiger partial charge in [-0.15, -0.1) is 0 Å². The number of hydrogen-bond donors (Lipinski definition) is 0. The Morgan fingerprint density at radius 2 is 1.74 bits per heavy atom. The van der Waals surface area contributed by atoms with Crippen LogP contribution in [-0.4, -0.2) is 23.4 Å². The molecule has 168 valence electrons. The lowest BCUT2D eigenvalue weighted by Crippen LogP contribution is -2.43. The Morgan fingerprint density at radius 1 is 1.06 bits per heavy atom. The Kier molecular flexibility index (Phi) is 5.83. The predicted molar refractivity (Wildman–Crippen MR) is 127 cm³/mol. The molecule has 1 aromatic carbocycles. The summed E-state index contributed by atoms with van der Waals surface area (Å²) in [6, 6.07) is 9.03. The number of amides is 1. The smallest absolute Gasteiger partial charge is 0.289 e. The van der Waals surface area contributed by atoms with Gasteiger partial charge < -0.3 is 9.32 Å². The molecule has 1 fully saturated rings. The third-order valence-electron chi connectivity index (χ3n) is 7.91. The molecular weight excluding hydrogens is 382 g/mol. The van der Waals surface area contributed by atoms with Crippen molar-refractivity contribution in [2.24, 2.45) is 0 Å². The summed E-state index contributed by atoms with van der Waals surface area (Å²) in [5, 5.41) is 0. The molecule has 3 heteroatoms. The first-order valence-corrected chi connectivity index (χ1v) is 12.2. The zero-order chi connectivity index (χ0) is 22.4. The third kappa shape index (κ3) is 4.21. The van der Waals surface area contributed by atoms with Gasteiger partial charge in [-0.25, -0.2) is 0 Å². The van der Waals surface area contributed by atoms with Gasteiger partial charge in [0.1, 0.15) is 5.76 Å². The van der Waals surface area contributed by atoms with E-state index >= 15 is 0 Å². The molecule has 1 unspecified atom stereocenters. The molecule has 0 bridgehead atoms. The first kappa shape index (κ1) is 22.2. The minimum atomic E-state index is 0.0582. The summed E-state index contributed by atoms with van der Waals surface area (Å²) in [6.45, 7) is 14.7. The van der Waals surface area contributed by atoms with Crippen molar-refractivity contribution < 1.29 is 9.21 Å². The Morgan fingerprint density at radius 3 is 2.42 bits per heavy atom. The van der Waals surface area contributed by atoms with E-state index < -0.39 is 0 Å². The van der Waals surface area contributed by atoms with Crippen LogP contribution in [0.2, 0.25) is 0 Å². The summed E-state index contributed by atoms with van der Waals surface area (Å²) in [4.78, 5) is 15.1. The van der Waals surface area contributed by atoms with Crippen molar-refractivity contribution in [2.75, 3.05) is 6.54 Å². The molecule has 1 saturated heterocycles. The van der Waals surface area contributed by atoms with Crippen LogP contribution in [0, 0.1) is 6.92 Å². The van der Waals surface area contributed by atoms with Crippen molar-refractivity contribution in [3.8, 4) is 0 Å². The SMILES string of the molecule is CCC1CCCCN1C(=O)c1ccc(Cc2cc3c(cc2C)C(C)(C)CCC3(C)C)o1. The summed E-state index contributed by atoms with van der Waals surface area (Å²) in [5.74, 6) is 1.43. The molecule has 0 N–H and O–H groups in total. The molecule has 1 aliphatic heterocycles. The van der Waals surface area contributed by atoms with Crippen LogP contribution >= 0.6 is 0 Å². The molecule has 2 heterocycles. The molecule has 0 radical (unpaired) electrons. The van der Waals surface area contributed by atoms with Gasteiger partial charge in [-0.05, 0) is 90.7 Å². The first-order valence-electron chi connectivity index (χ1n) is 12.2. The van der Waals surface area contributed by atoms with Crippen molar-refractivity contribution in [3.05, 3.63) is 58.0 Å². The summed E-state index contributed by atoms with van der Waals surface area (Å²) >= 11 is 0. The van der Waals surface area contributed by atoms with Crippen LogP contribution in [0.15, 0.2) is 28.7 Å². The zero-order valence-electron chi connectivity index (χ0n) is 20.3. The lowest BCUT2D eigenvalue weighted by molar-refractivity contribution is 0.0574. The molecule has 2 aliphatic rings. The fraction of sp³-hybridized carbons (Fsp3) is 0.607. The summed E-state index contributed by atoms with van der Waals surface area (Å²) in [5.41, 5.74) is 6.02. The molecule has 1 atom stereocenters. The average Bonchev–Trinajstić information content (AvgIpc) is 3.20. The molecule has 4 rings (SSSR count). The highest BCUT2D eigenvalue weighted by Crippen LogP contribution is 2.46. The quantitative estimate of drug-likeness (QED) is 0.536. The van der Waals surface area contributed by atoms with Crippen molar-refractivity contribution in [1.29, 1.82) is 0 Å². The highest BCUT2D eigenvalue weighted by atomic mass is 16.4. The minimum absolute atomic E-state index is 0.0582. The van der Waals surface area contributed by atoms with E-state index in [9.17, 15) is 4.79 Å². The minimum Gasteiger partial charge on any atom is -0.456 e. The molecule has 0 spiro atoms. The number of aryl methyl sites for hydroxylation is 1. The van der Waals surface area contributed by atoms with Gasteiger partial charge in [0, 0.05) is 19.0 Å². The number of carbonyl (C=O) groups is 1. The van der Waals surface area contributed by atoms with E-state index in [1.807, 2.05) is 17.0 Å². The van der Waals surface area contributed by atoms with E-state index in [0.717, 1.165) is 38.0 Å². The standard InChI is InChI=1S/C28H39NO2/c1-7-21-10-8-9-15-29(21)26(30)25-12-11-22(31-25)17-20-18-24-23(16-19(20)2)27(3,4)13-14-28(24,5)6/h11-12,16,18,21H,7-10,13-15,17H2,1-6H3. The van der Waals surface area contributed by atoms with Crippen LogP contribution in [0.5, 0.6) is 0 Å².